The summed E-state index contributed by atoms with van der Waals surface area (Å²) in [5, 5.41) is 0. The third-order valence-electron chi connectivity index (χ3n) is 4.50. The van der Waals surface area contributed by atoms with E-state index in [1.165, 1.54) is 24.9 Å². The van der Waals surface area contributed by atoms with E-state index in [2.05, 4.69) is 40.1 Å². The Morgan fingerprint density at radius 3 is 2.70 bits per heavy atom. The lowest BCUT2D eigenvalue weighted by molar-refractivity contribution is -0.128. The molecule has 0 aromatic heterocycles. The third kappa shape index (κ3) is 3.40. The summed E-state index contributed by atoms with van der Waals surface area (Å²) in [4.78, 5) is 16.4. The molecule has 2 saturated heterocycles. The van der Waals surface area contributed by atoms with Crippen LogP contribution in [0.4, 0.5) is 0 Å². The molecule has 0 unspecified atom stereocenters. The molecule has 3 heteroatoms. The molecule has 2 heterocycles. The van der Waals surface area contributed by atoms with Crippen LogP contribution in [0.15, 0.2) is 30.3 Å². The summed E-state index contributed by atoms with van der Waals surface area (Å²) in [5.41, 5.74) is 1.39. The van der Waals surface area contributed by atoms with E-state index in [-0.39, 0.29) is 0 Å². The molecule has 0 radical (unpaired) electrons. The predicted octanol–water partition coefficient (Wildman–Crippen LogP) is 2.52. The Morgan fingerprint density at radius 2 is 1.95 bits per heavy atom. The summed E-state index contributed by atoms with van der Waals surface area (Å²) in [6.45, 7) is 5.33. The molecule has 0 saturated carbocycles. The average Bonchev–Trinajstić information content (AvgIpc) is 2.86. The molecule has 2 aliphatic heterocycles. The highest BCUT2D eigenvalue weighted by molar-refractivity contribution is 5.78. The number of hydrogen-bond acceptors (Lipinski definition) is 2. The van der Waals surface area contributed by atoms with Gasteiger partial charge in [-0.1, -0.05) is 30.3 Å². The summed E-state index contributed by atoms with van der Waals surface area (Å²) in [7, 11) is 0. The maximum atomic E-state index is 11.7. The molecule has 3 nitrogen and oxygen atoms in total. The van der Waals surface area contributed by atoms with Gasteiger partial charge in [0.1, 0.15) is 0 Å². The van der Waals surface area contributed by atoms with E-state index in [9.17, 15) is 4.79 Å². The second-order valence-electron chi connectivity index (χ2n) is 6.17. The van der Waals surface area contributed by atoms with Crippen LogP contribution in [0.3, 0.4) is 0 Å². The van der Waals surface area contributed by atoms with Gasteiger partial charge in [0.05, 0.1) is 0 Å². The van der Waals surface area contributed by atoms with Crippen LogP contribution in [-0.2, 0) is 11.3 Å². The molecule has 1 atom stereocenters. The van der Waals surface area contributed by atoms with Crippen LogP contribution in [0.5, 0.6) is 0 Å². The molecule has 20 heavy (non-hydrogen) atoms. The van der Waals surface area contributed by atoms with Crippen LogP contribution in [0.2, 0.25) is 0 Å². The van der Waals surface area contributed by atoms with E-state index >= 15 is 0 Å². The average molecular weight is 272 g/mol. The SMILES string of the molecule is O=C1CCCN1C[C@H]1CCCN(Cc2ccccc2)C1. The minimum absolute atomic E-state index is 0.366. The van der Waals surface area contributed by atoms with E-state index in [0.29, 0.717) is 11.8 Å². The van der Waals surface area contributed by atoms with Gasteiger partial charge in [0.2, 0.25) is 5.91 Å². The van der Waals surface area contributed by atoms with Gasteiger partial charge in [-0.25, -0.2) is 0 Å². The van der Waals surface area contributed by atoms with Crippen molar-refractivity contribution in [3.63, 3.8) is 0 Å². The van der Waals surface area contributed by atoms with Gasteiger partial charge in [-0.2, -0.15) is 0 Å². The summed E-state index contributed by atoms with van der Waals surface area (Å²) < 4.78 is 0. The van der Waals surface area contributed by atoms with Gasteiger partial charge in [0.15, 0.2) is 0 Å². The van der Waals surface area contributed by atoms with Gasteiger partial charge < -0.3 is 4.90 Å². The van der Waals surface area contributed by atoms with Crippen molar-refractivity contribution in [3.05, 3.63) is 35.9 Å². The second kappa shape index (κ2) is 6.40. The number of benzene rings is 1. The standard InChI is InChI=1S/C17H24N2O/c20-17-9-5-11-19(17)14-16-8-4-10-18(13-16)12-15-6-2-1-3-7-15/h1-3,6-7,16H,4-5,8-14H2/t16-/m0/s1. The molecule has 1 amide bonds. The number of amides is 1. The first-order valence-electron chi connectivity index (χ1n) is 7.85. The Balaban J connectivity index is 1.52. The van der Waals surface area contributed by atoms with Crippen LogP contribution in [-0.4, -0.2) is 41.9 Å². The maximum absolute atomic E-state index is 11.7. The van der Waals surface area contributed by atoms with Crippen molar-refractivity contribution >= 4 is 5.91 Å². The maximum Gasteiger partial charge on any atom is 0.222 e. The molecule has 0 aliphatic carbocycles. The Kier molecular flexibility index (Phi) is 4.36. The van der Waals surface area contributed by atoms with Crippen LogP contribution < -0.4 is 0 Å². The first kappa shape index (κ1) is 13.6. The van der Waals surface area contributed by atoms with Crippen LogP contribution >= 0.6 is 0 Å². The molecular weight excluding hydrogens is 248 g/mol. The fourth-order valence-corrected chi connectivity index (χ4v) is 3.49. The van der Waals surface area contributed by atoms with Gasteiger partial charge in [-0.05, 0) is 37.3 Å². The smallest absolute Gasteiger partial charge is 0.222 e. The normalized spacial score (nSPS) is 24.3. The van der Waals surface area contributed by atoms with Gasteiger partial charge >= 0.3 is 0 Å². The molecule has 1 aromatic carbocycles. The lowest BCUT2D eigenvalue weighted by Gasteiger charge is -2.34. The monoisotopic (exact) mass is 272 g/mol. The Labute approximate surface area is 121 Å². The van der Waals surface area contributed by atoms with Gasteiger partial charge in [-0.15, -0.1) is 0 Å². The highest BCUT2D eigenvalue weighted by atomic mass is 16.2. The van der Waals surface area contributed by atoms with Crippen molar-refractivity contribution < 1.29 is 4.79 Å². The second-order valence-corrected chi connectivity index (χ2v) is 6.17. The summed E-state index contributed by atoms with van der Waals surface area (Å²) in [6, 6.07) is 10.7. The first-order valence-corrected chi connectivity index (χ1v) is 7.85. The van der Waals surface area contributed by atoms with Crippen molar-refractivity contribution in [2.24, 2.45) is 5.92 Å². The fourth-order valence-electron chi connectivity index (χ4n) is 3.49. The quantitative estimate of drug-likeness (QED) is 0.841. The molecule has 2 fully saturated rings. The van der Waals surface area contributed by atoms with Gasteiger partial charge in [0.25, 0.3) is 0 Å². The van der Waals surface area contributed by atoms with Crippen molar-refractivity contribution in [2.75, 3.05) is 26.2 Å². The van der Waals surface area contributed by atoms with E-state index in [0.717, 1.165) is 39.0 Å². The molecular formula is C17H24N2O. The summed E-state index contributed by atoms with van der Waals surface area (Å²) in [5.74, 6) is 1.03. The van der Waals surface area contributed by atoms with E-state index in [1.807, 2.05) is 0 Å². The summed E-state index contributed by atoms with van der Waals surface area (Å²) >= 11 is 0. The fraction of sp³-hybridized carbons (Fsp3) is 0.588. The van der Waals surface area contributed by atoms with Crippen LogP contribution in [0, 0.1) is 5.92 Å². The zero-order chi connectivity index (χ0) is 13.8. The topological polar surface area (TPSA) is 23.6 Å². The van der Waals surface area contributed by atoms with E-state index in [4.69, 9.17) is 0 Å². The van der Waals surface area contributed by atoms with Crippen LogP contribution in [0.25, 0.3) is 0 Å². The number of carbonyl (C=O) groups excluding carboxylic acids is 1. The minimum atomic E-state index is 0.366. The number of hydrogen-bond donors (Lipinski definition) is 0. The van der Waals surface area contributed by atoms with Crippen molar-refractivity contribution in [1.82, 2.24) is 9.80 Å². The molecule has 0 bridgehead atoms. The molecule has 0 spiro atoms. The number of rotatable bonds is 4. The number of carbonyl (C=O) groups is 1. The van der Waals surface area contributed by atoms with Crippen LogP contribution in [0.1, 0.15) is 31.2 Å². The summed E-state index contributed by atoms with van der Waals surface area (Å²) in [6.07, 6.45) is 4.36. The molecule has 3 rings (SSSR count). The van der Waals surface area contributed by atoms with E-state index < -0.39 is 0 Å². The van der Waals surface area contributed by atoms with Crippen molar-refractivity contribution in [2.45, 2.75) is 32.2 Å². The number of piperidine rings is 1. The molecule has 0 N–H and O–H groups in total. The van der Waals surface area contributed by atoms with Crippen molar-refractivity contribution in [1.29, 1.82) is 0 Å². The first-order chi connectivity index (χ1) is 9.81. The van der Waals surface area contributed by atoms with Gasteiger partial charge in [-0.3, -0.25) is 9.69 Å². The third-order valence-corrected chi connectivity index (χ3v) is 4.50. The minimum Gasteiger partial charge on any atom is -0.342 e. The molecule has 2 aliphatic rings. The van der Waals surface area contributed by atoms with Gasteiger partial charge in [0, 0.05) is 32.6 Å². The largest absolute Gasteiger partial charge is 0.342 e. The zero-order valence-electron chi connectivity index (χ0n) is 12.1. The Bertz CT molecular complexity index is 446. The van der Waals surface area contributed by atoms with E-state index in [1.54, 1.807) is 0 Å². The lowest BCUT2D eigenvalue weighted by atomic mass is 9.97. The molecule has 108 valence electrons. The molecule has 1 aromatic rings. The Morgan fingerprint density at radius 1 is 1.10 bits per heavy atom. The highest BCUT2D eigenvalue weighted by Crippen LogP contribution is 2.21. The lowest BCUT2D eigenvalue weighted by Crippen LogP contribution is -2.41. The predicted molar refractivity (Wildman–Crippen MR) is 80.3 cm³/mol. The number of likely N-dealkylation sites (tertiary alicyclic amines) is 2. The van der Waals surface area contributed by atoms with Crippen molar-refractivity contribution in [3.8, 4) is 0 Å². The Hall–Kier alpha value is -1.35. The number of nitrogens with zero attached hydrogens (tertiary/aromatic N) is 2. The highest BCUT2D eigenvalue weighted by Gasteiger charge is 2.26. The zero-order valence-corrected chi connectivity index (χ0v) is 12.1.